The number of fused-ring (bicyclic) bond motifs is 1. The molecule has 12 heteroatoms. The van der Waals surface area contributed by atoms with Crippen molar-refractivity contribution in [3.63, 3.8) is 0 Å². The lowest BCUT2D eigenvalue weighted by atomic mass is 10.0. The first kappa shape index (κ1) is 29.5. The second-order valence-corrected chi connectivity index (χ2v) is 10.7. The Kier molecular flexibility index (Phi) is 9.03. The van der Waals surface area contributed by atoms with Crippen LogP contribution in [0, 0.1) is 11.2 Å². The van der Waals surface area contributed by atoms with E-state index in [1.165, 1.54) is 4.57 Å². The summed E-state index contributed by atoms with van der Waals surface area (Å²) in [6.45, 7) is 5.44. The van der Waals surface area contributed by atoms with E-state index in [1.54, 1.807) is 24.4 Å². The maximum atomic E-state index is 15.2. The molecule has 2 aromatic carbocycles. The van der Waals surface area contributed by atoms with E-state index in [9.17, 15) is 4.79 Å². The Bertz CT molecular complexity index is 1650. The molecule has 42 heavy (non-hydrogen) atoms. The summed E-state index contributed by atoms with van der Waals surface area (Å²) in [5.74, 6) is -0.623. The number of nitrogens with two attached hydrogens (primary N) is 2. The van der Waals surface area contributed by atoms with Gasteiger partial charge in [0.25, 0.3) is 0 Å². The molecule has 10 nitrogen and oxygen atoms in total. The first-order valence-electron chi connectivity index (χ1n) is 13.8. The number of aromatic amines is 1. The van der Waals surface area contributed by atoms with Gasteiger partial charge in [0.2, 0.25) is 0 Å². The van der Waals surface area contributed by atoms with Crippen molar-refractivity contribution in [3.8, 4) is 16.9 Å². The van der Waals surface area contributed by atoms with Crippen LogP contribution in [-0.2, 0) is 11.3 Å². The Balaban J connectivity index is 1.35. The maximum Gasteiger partial charge on any atom is 0.354 e. The minimum atomic E-state index is -0.562. The highest BCUT2D eigenvalue weighted by molar-refractivity contribution is 6.31. The molecule has 1 saturated heterocycles. The Morgan fingerprint density at radius 1 is 1.31 bits per heavy atom. The molecule has 5 rings (SSSR count). The second kappa shape index (κ2) is 12.9. The van der Waals surface area contributed by atoms with Crippen LogP contribution in [0.4, 0.5) is 4.39 Å². The van der Waals surface area contributed by atoms with Crippen LogP contribution < -0.4 is 27.8 Å². The quantitative estimate of drug-likeness (QED) is 0.0875. The van der Waals surface area contributed by atoms with Crippen LogP contribution in [0.15, 0.2) is 66.1 Å². The van der Waals surface area contributed by atoms with Crippen molar-refractivity contribution in [2.45, 2.75) is 44.1 Å². The van der Waals surface area contributed by atoms with Gasteiger partial charge in [-0.15, -0.1) is 6.58 Å². The molecule has 1 aliphatic rings. The highest BCUT2D eigenvalue weighted by Gasteiger charge is 2.27. The molecule has 220 valence electrons. The fraction of sp³-hybridized carbons (Fsp3) is 0.300. The molecule has 0 spiro atoms. The molecule has 3 heterocycles. The molecule has 1 aliphatic heterocycles. The summed E-state index contributed by atoms with van der Waals surface area (Å²) in [5, 5.41) is 14.1. The molecule has 8 N–H and O–H groups in total. The van der Waals surface area contributed by atoms with Gasteiger partial charge < -0.3 is 31.8 Å². The van der Waals surface area contributed by atoms with Gasteiger partial charge >= 0.3 is 5.69 Å². The van der Waals surface area contributed by atoms with Gasteiger partial charge in [-0.2, -0.15) is 4.98 Å². The van der Waals surface area contributed by atoms with E-state index >= 15 is 4.39 Å². The fourth-order valence-corrected chi connectivity index (χ4v) is 5.36. The summed E-state index contributed by atoms with van der Waals surface area (Å²) >= 11 is 6.28. The first-order valence-corrected chi connectivity index (χ1v) is 14.1. The predicted molar refractivity (Wildman–Crippen MR) is 163 cm³/mol. The number of nitrogens with one attached hydrogen (secondary N) is 4. The topological polar surface area (TPSA) is 160 Å². The van der Waals surface area contributed by atoms with Crippen LogP contribution in [0.1, 0.15) is 36.5 Å². The normalized spacial score (nSPS) is 17.4. The highest BCUT2D eigenvalue weighted by Crippen LogP contribution is 2.38. The molecule has 0 amide bonds. The van der Waals surface area contributed by atoms with E-state index in [0.717, 1.165) is 30.4 Å². The van der Waals surface area contributed by atoms with Crippen LogP contribution in [0.5, 0.6) is 0 Å². The Hall–Kier alpha value is -4.03. The van der Waals surface area contributed by atoms with Crippen molar-refractivity contribution >= 4 is 28.6 Å². The molecule has 0 saturated carbocycles. The summed E-state index contributed by atoms with van der Waals surface area (Å²) in [4.78, 5) is 20.2. The zero-order chi connectivity index (χ0) is 29.8. The number of rotatable bonds is 11. The van der Waals surface area contributed by atoms with Gasteiger partial charge in [-0.05, 0) is 60.7 Å². The number of benzene rings is 2. The number of hydrogen-bond donors (Lipinski definition) is 6. The van der Waals surface area contributed by atoms with Crippen LogP contribution in [0.3, 0.4) is 0 Å². The second-order valence-electron chi connectivity index (χ2n) is 10.3. The summed E-state index contributed by atoms with van der Waals surface area (Å²) in [7, 11) is 0. The van der Waals surface area contributed by atoms with Crippen LogP contribution in [-0.4, -0.2) is 45.7 Å². The van der Waals surface area contributed by atoms with Gasteiger partial charge in [0, 0.05) is 42.8 Å². The van der Waals surface area contributed by atoms with Crippen LogP contribution in [0.2, 0.25) is 5.02 Å². The standard InChI is InChI=1S/C30H34ClFN8O2/c1-2-20(9-10-36-29(34)35)37-15-17-3-5-21(6-4-17)40-16-19-13-25(38-28(19)39-30(40)41)23-11-18(12-24(31)27(23)32)26-8-7-22(14-33)42-26/h2-6,11-13,16,20,22,26,37H,1,7-10,14-15,33H2,(H4,34,35,36)(H,38,39,41)/t20-,22+,26+/m0/s1. The van der Waals surface area contributed by atoms with E-state index < -0.39 is 11.5 Å². The molecule has 4 aromatic rings. The molecule has 2 aromatic heterocycles. The minimum Gasteiger partial charge on any atom is -0.370 e. The molecular formula is C30H34ClFN8O2. The number of nitrogens with zero attached hydrogens (tertiary/aromatic N) is 2. The molecule has 3 atom stereocenters. The lowest BCUT2D eigenvalue weighted by molar-refractivity contribution is 0.0498. The van der Waals surface area contributed by atoms with Crippen LogP contribution >= 0.6 is 11.6 Å². The molecule has 0 unspecified atom stereocenters. The average molecular weight is 593 g/mol. The molecule has 0 bridgehead atoms. The van der Waals surface area contributed by atoms with Gasteiger partial charge in [-0.1, -0.05) is 29.8 Å². The number of halogens is 2. The van der Waals surface area contributed by atoms with Crippen molar-refractivity contribution in [2.24, 2.45) is 11.5 Å². The minimum absolute atomic E-state index is 0.00444. The van der Waals surface area contributed by atoms with Gasteiger partial charge in [0.15, 0.2) is 11.8 Å². The summed E-state index contributed by atoms with van der Waals surface area (Å²) in [6, 6.07) is 12.7. The number of ether oxygens (including phenoxy) is 1. The van der Waals surface area contributed by atoms with Crippen molar-refractivity contribution in [2.75, 3.05) is 13.1 Å². The number of hydrogen-bond acceptors (Lipinski definition) is 6. The maximum absolute atomic E-state index is 15.2. The van der Waals surface area contributed by atoms with Crippen molar-refractivity contribution in [1.82, 2.24) is 25.2 Å². The Morgan fingerprint density at radius 2 is 2.10 bits per heavy atom. The van der Waals surface area contributed by atoms with E-state index in [-0.39, 0.29) is 34.8 Å². The first-order chi connectivity index (χ1) is 20.2. The average Bonchev–Trinajstić information content (AvgIpc) is 3.63. The third kappa shape index (κ3) is 6.55. The van der Waals surface area contributed by atoms with E-state index in [0.29, 0.717) is 42.0 Å². The van der Waals surface area contributed by atoms with Gasteiger partial charge in [-0.25, -0.2) is 9.18 Å². The summed E-state index contributed by atoms with van der Waals surface area (Å²) in [5.41, 5.74) is 14.1. The third-order valence-corrected chi connectivity index (χ3v) is 7.70. The van der Waals surface area contributed by atoms with Crippen molar-refractivity contribution in [3.05, 3.63) is 93.8 Å². The molecule has 1 fully saturated rings. The zero-order valence-corrected chi connectivity index (χ0v) is 23.8. The molecule has 0 aliphatic carbocycles. The SMILES string of the molecule is C=C[C@@H](CCNC(=N)N)NCc1ccc(-n2cc3cc(-c4cc([C@H]5CC[C@H](CN)O5)cc(Cl)c4F)[nH]c3nc2=O)cc1. The number of guanidine groups is 1. The number of aromatic nitrogens is 3. The lowest BCUT2D eigenvalue weighted by Crippen LogP contribution is -2.35. The van der Waals surface area contributed by atoms with Gasteiger partial charge in [0.05, 0.1) is 28.6 Å². The zero-order valence-electron chi connectivity index (χ0n) is 23.0. The van der Waals surface area contributed by atoms with Gasteiger partial charge in [0.1, 0.15) is 5.65 Å². The molecule has 0 radical (unpaired) electrons. The monoisotopic (exact) mass is 592 g/mol. The van der Waals surface area contributed by atoms with Crippen molar-refractivity contribution in [1.29, 1.82) is 5.41 Å². The third-order valence-electron chi connectivity index (χ3n) is 7.43. The van der Waals surface area contributed by atoms with Crippen molar-refractivity contribution < 1.29 is 9.13 Å². The van der Waals surface area contributed by atoms with Crippen LogP contribution in [0.25, 0.3) is 28.0 Å². The number of H-pyrrole nitrogens is 1. The Labute approximate surface area is 247 Å². The Morgan fingerprint density at radius 3 is 2.79 bits per heavy atom. The van der Waals surface area contributed by atoms with Gasteiger partial charge in [-0.3, -0.25) is 9.98 Å². The lowest BCUT2D eigenvalue weighted by Gasteiger charge is -2.15. The highest BCUT2D eigenvalue weighted by atomic mass is 35.5. The summed E-state index contributed by atoms with van der Waals surface area (Å²) < 4.78 is 22.6. The van der Waals surface area contributed by atoms with E-state index in [1.807, 2.05) is 30.3 Å². The van der Waals surface area contributed by atoms with E-state index in [4.69, 9.17) is 33.2 Å². The summed E-state index contributed by atoms with van der Waals surface area (Å²) in [6.07, 6.45) is 5.60. The smallest absolute Gasteiger partial charge is 0.354 e. The predicted octanol–water partition coefficient (Wildman–Crippen LogP) is 3.87. The molecular weight excluding hydrogens is 559 g/mol. The van der Waals surface area contributed by atoms with E-state index in [2.05, 4.69) is 27.2 Å². The fourth-order valence-electron chi connectivity index (χ4n) is 5.13. The largest absolute Gasteiger partial charge is 0.370 e.